The Bertz CT molecular complexity index is 410. The van der Waals surface area contributed by atoms with Crippen molar-refractivity contribution in [2.24, 2.45) is 5.92 Å². The van der Waals surface area contributed by atoms with Gasteiger partial charge in [0.1, 0.15) is 13.2 Å². The van der Waals surface area contributed by atoms with Crippen LogP contribution in [0, 0.1) is 5.92 Å². The van der Waals surface area contributed by atoms with Crippen LogP contribution in [0.25, 0.3) is 0 Å². The van der Waals surface area contributed by atoms with Crippen LogP contribution in [0.1, 0.15) is 104 Å². The zero-order chi connectivity index (χ0) is 22.0. The first-order chi connectivity index (χ1) is 13.6. The number of quaternary nitrogens is 1. The van der Waals surface area contributed by atoms with Gasteiger partial charge in [0.15, 0.2) is 0 Å². The fourth-order valence-electron chi connectivity index (χ4n) is 3.24. The summed E-state index contributed by atoms with van der Waals surface area (Å²) in [7, 11) is 1.86. The summed E-state index contributed by atoms with van der Waals surface area (Å²) >= 11 is 0. The lowest BCUT2D eigenvalue weighted by molar-refractivity contribution is -0.870. The molecule has 0 heterocycles. The lowest BCUT2D eigenvalue weighted by atomic mass is 10.0. The summed E-state index contributed by atoms with van der Waals surface area (Å²) in [5.74, 6) is 0.854. The van der Waals surface area contributed by atoms with Crippen molar-refractivity contribution < 1.29 is 23.0 Å². The third kappa shape index (κ3) is 24.2. The van der Waals surface area contributed by atoms with E-state index in [1.165, 1.54) is 70.6 Å². The van der Waals surface area contributed by atoms with Crippen LogP contribution in [0.2, 0.25) is 0 Å². The number of nitrogens with zero attached hydrogens (tertiary/aromatic N) is 1. The molecule has 0 amide bonds. The van der Waals surface area contributed by atoms with Crippen molar-refractivity contribution in [3.63, 3.8) is 0 Å². The Hall–Kier alpha value is 0.0700. The number of hydrogen-bond donors (Lipinski definition) is 0. The van der Waals surface area contributed by atoms with Crippen molar-refractivity contribution in [2.75, 3.05) is 40.9 Å². The predicted molar refractivity (Wildman–Crippen MR) is 122 cm³/mol. The van der Waals surface area contributed by atoms with Gasteiger partial charge in [-0.15, -0.1) is 0 Å². The van der Waals surface area contributed by atoms with Crippen molar-refractivity contribution in [1.29, 1.82) is 0 Å². The smallest absolute Gasteiger partial charge is 0.268 e. The second-order valence-corrected chi connectivity index (χ2v) is 11.3. The van der Waals surface area contributed by atoms with Crippen molar-refractivity contribution in [1.82, 2.24) is 0 Å². The van der Waals surface area contributed by atoms with Gasteiger partial charge in [-0.3, -0.25) is 4.57 Å². The molecule has 0 aliphatic rings. The molecule has 0 saturated carbocycles. The van der Waals surface area contributed by atoms with Gasteiger partial charge in [0.2, 0.25) is 0 Å². The molecule has 0 radical (unpaired) electrons. The zero-order valence-corrected chi connectivity index (χ0v) is 21.0. The highest BCUT2D eigenvalue weighted by molar-refractivity contribution is 7.45. The molecule has 1 atom stereocenters. The number of likely N-dealkylation sites (N-methyl/N-ethyl adjacent to an activating group) is 1. The first kappa shape index (κ1) is 29.1. The molecular weight excluding hydrogens is 385 g/mol. The molecule has 0 N–H and O–H groups in total. The Morgan fingerprint density at radius 3 is 1.48 bits per heavy atom. The second-order valence-electron chi connectivity index (χ2n) is 9.91. The number of rotatable bonds is 21. The molecule has 29 heavy (non-hydrogen) atoms. The van der Waals surface area contributed by atoms with E-state index in [4.69, 9.17) is 9.05 Å². The van der Waals surface area contributed by atoms with Gasteiger partial charge in [0.25, 0.3) is 7.82 Å². The molecule has 176 valence electrons. The van der Waals surface area contributed by atoms with Gasteiger partial charge < -0.3 is 18.4 Å². The van der Waals surface area contributed by atoms with E-state index in [-0.39, 0.29) is 13.2 Å². The molecule has 0 spiro atoms. The highest BCUT2D eigenvalue weighted by Gasteiger charge is 2.12. The first-order valence-corrected chi connectivity index (χ1v) is 13.5. The summed E-state index contributed by atoms with van der Waals surface area (Å²) in [4.78, 5) is 11.7. The van der Waals surface area contributed by atoms with Crippen molar-refractivity contribution >= 4 is 7.82 Å². The van der Waals surface area contributed by atoms with Crippen LogP contribution in [0.4, 0.5) is 0 Å². The van der Waals surface area contributed by atoms with Crippen molar-refractivity contribution in [3.05, 3.63) is 0 Å². The standard InChI is InChI=1S/C23H50NO4P/c1-23(2)19-17-15-13-11-9-7-6-8-10-12-14-16-18-21-27-29(25,26)28-22-20-24(3,4)5/h23H,6-22H2,1-5H3. The van der Waals surface area contributed by atoms with E-state index < -0.39 is 7.82 Å². The van der Waals surface area contributed by atoms with E-state index in [0.717, 1.165) is 25.2 Å². The van der Waals surface area contributed by atoms with E-state index in [0.29, 0.717) is 11.0 Å². The third-order valence-corrected chi connectivity index (χ3v) is 6.18. The summed E-state index contributed by atoms with van der Waals surface area (Å²) in [6.45, 7) is 5.66. The molecular formula is C23H50NO4P. The van der Waals surface area contributed by atoms with Gasteiger partial charge in [-0.1, -0.05) is 97.3 Å². The van der Waals surface area contributed by atoms with Crippen LogP contribution >= 0.6 is 7.82 Å². The van der Waals surface area contributed by atoms with Gasteiger partial charge in [-0.05, 0) is 12.3 Å². The van der Waals surface area contributed by atoms with Crippen LogP contribution < -0.4 is 4.89 Å². The molecule has 6 heteroatoms. The average Bonchev–Trinajstić information content (AvgIpc) is 2.59. The minimum absolute atomic E-state index is 0.169. The Kier molecular flexibility index (Phi) is 17.8. The van der Waals surface area contributed by atoms with E-state index in [2.05, 4.69) is 13.8 Å². The first-order valence-electron chi connectivity index (χ1n) is 12.0. The van der Waals surface area contributed by atoms with E-state index in [1.54, 1.807) is 0 Å². The quantitative estimate of drug-likeness (QED) is 0.120. The molecule has 0 saturated heterocycles. The SMILES string of the molecule is CC(C)CCCCCCCCCCCCCCCOP(=O)([O-])OCC[N+](C)(C)C. The van der Waals surface area contributed by atoms with Crippen LogP contribution in [-0.4, -0.2) is 45.4 Å². The van der Waals surface area contributed by atoms with E-state index in [1.807, 2.05) is 21.1 Å². The summed E-state index contributed by atoms with van der Waals surface area (Å²) in [5, 5.41) is 0. The molecule has 0 fully saturated rings. The van der Waals surface area contributed by atoms with Crippen molar-refractivity contribution in [2.45, 2.75) is 104 Å². The maximum Gasteiger partial charge on any atom is 0.268 e. The van der Waals surface area contributed by atoms with Gasteiger partial charge >= 0.3 is 0 Å². The monoisotopic (exact) mass is 435 g/mol. The maximum atomic E-state index is 11.7. The normalized spacial score (nSPS) is 14.4. The lowest BCUT2D eigenvalue weighted by Gasteiger charge is -2.27. The second kappa shape index (κ2) is 17.7. The van der Waals surface area contributed by atoms with Gasteiger partial charge in [0, 0.05) is 0 Å². The molecule has 0 aromatic carbocycles. The minimum atomic E-state index is -4.13. The number of unbranched alkanes of at least 4 members (excludes halogenated alkanes) is 12. The summed E-state index contributed by atoms with van der Waals surface area (Å²) in [5.41, 5.74) is 0. The molecule has 0 aromatic heterocycles. The summed E-state index contributed by atoms with van der Waals surface area (Å²) < 4.78 is 22.1. The van der Waals surface area contributed by atoms with Gasteiger partial charge in [0.05, 0.1) is 27.7 Å². The molecule has 0 bridgehead atoms. The number of hydrogen-bond acceptors (Lipinski definition) is 4. The lowest BCUT2D eigenvalue weighted by Crippen LogP contribution is -2.37. The Morgan fingerprint density at radius 2 is 1.07 bits per heavy atom. The minimum Gasteiger partial charge on any atom is -0.756 e. The molecule has 5 nitrogen and oxygen atoms in total. The van der Waals surface area contributed by atoms with Crippen LogP contribution in [0.5, 0.6) is 0 Å². The van der Waals surface area contributed by atoms with E-state index in [9.17, 15) is 9.46 Å². The molecule has 0 rings (SSSR count). The van der Waals surface area contributed by atoms with Gasteiger partial charge in [-0.2, -0.15) is 0 Å². The summed E-state index contributed by atoms with van der Waals surface area (Å²) in [6, 6.07) is 0. The van der Waals surface area contributed by atoms with Crippen LogP contribution in [0.15, 0.2) is 0 Å². The highest BCUT2D eigenvalue weighted by atomic mass is 31.2. The predicted octanol–water partition coefficient (Wildman–Crippen LogP) is 6.31. The Labute approximate surface area is 181 Å². The fraction of sp³-hybridized carbons (Fsp3) is 1.00. The fourth-order valence-corrected chi connectivity index (χ4v) is 3.97. The topological polar surface area (TPSA) is 58.6 Å². The molecule has 1 unspecified atom stereocenters. The number of phosphoric ester groups is 1. The van der Waals surface area contributed by atoms with Crippen molar-refractivity contribution in [3.8, 4) is 0 Å². The molecule has 0 aliphatic heterocycles. The zero-order valence-electron chi connectivity index (χ0n) is 20.1. The molecule has 0 aromatic rings. The number of phosphoric acid groups is 1. The molecule has 0 aliphatic carbocycles. The Balaban J connectivity index is 3.30. The van der Waals surface area contributed by atoms with Crippen LogP contribution in [-0.2, 0) is 13.6 Å². The Morgan fingerprint density at radius 1 is 0.690 bits per heavy atom. The van der Waals surface area contributed by atoms with E-state index >= 15 is 0 Å². The maximum absolute atomic E-state index is 11.7. The van der Waals surface area contributed by atoms with Gasteiger partial charge in [-0.25, -0.2) is 0 Å². The summed E-state index contributed by atoms with van der Waals surface area (Å²) in [6.07, 6.45) is 18.0. The van der Waals surface area contributed by atoms with Crippen LogP contribution in [0.3, 0.4) is 0 Å². The average molecular weight is 436 g/mol. The highest BCUT2D eigenvalue weighted by Crippen LogP contribution is 2.38. The third-order valence-electron chi connectivity index (χ3n) is 5.19. The largest absolute Gasteiger partial charge is 0.756 e.